The fourth-order valence-corrected chi connectivity index (χ4v) is 1.87. The maximum atomic E-state index is 9.63. The fraction of sp³-hybridized carbons (Fsp3) is 1.00. The molecule has 0 aromatic rings. The highest BCUT2D eigenvalue weighted by Gasteiger charge is 2.23. The van der Waals surface area contributed by atoms with Crippen LogP contribution in [0.4, 0.5) is 0 Å². The van der Waals surface area contributed by atoms with Crippen LogP contribution in [0.25, 0.3) is 0 Å². The van der Waals surface area contributed by atoms with Gasteiger partial charge in [0, 0.05) is 12.6 Å². The zero-order valence-corrected chi connectivity index (χ0v) is 9.87. The summed E-state index contributed by atoms with van der Waals surface area (Å²) >= 11 is 0. The van der Waals surface area contributed by atoms with Crippen molar-refractivity contribution in [2.75, 3.05) is 32.8 Å². The summed E-state index contributed by atoms with van der Waals surface area (Å²) < 4.78 is 0. The van der Waals surface area contributed by atoms with Crippen molar-refractivity contribution in [1.29, 1.82) is 0 Å². The minimum absolute atomic E-state index is 0.187. The SMILES string of the molecule is CCN1CCC(NCC(C)(O)CO)CC1. The van der Waals surface area contributed by atoms with Crippen molar-refractivity contribution in [3.05, 3.63) is 0 Å². The van der Waals surface area contributed by atoms with Gasteiger partial charge in [-0.25, -0.2) is 0 Å². The first-order valence-electron chi connectivity index (χ1n) is 5.86. The average Bonchev–Trinajstić information content (AvgIpc) is 2.27. The lowest BCUT2D eigenvalue weighted by atomic mass is 10.0. The smallest absolute Gasteiger partial charge is 0.0972 e. The lowest BCUT2D eigenvalue weighted by Gasteiger charge is -2.33. The first-order chi connectivity index (χ1) is 7.07. The third-order valence-electron chi connectivity index (χ3n) is 3.15. The molecule has 3 N–H and O–H groups in total. The van der Waals surface area contributed by atoms with Crippen molar-refractivity contribution in [1.82, 2.24) is 10.2 Å². The number of piperidine rings is 1. The summed E-state index contributed by atoms with van der Waals surface area (Å²) in [6.45, 7) is 7.52. The van der Waals surface area contributed by atoms with E-state index < -0.39 is 5.60 Å². The second-order valence-electron chi connectivity index (χ2n) is 4.74. The number of likely N-dealkylation sites (tertiary alicyclic amines) is 1. The molecule has 0 amide bonds. The molecule has 0 saturated carbocycles. The van der Waals surface area contributed by atoms with E-state index in [-0.39, 0.29) is 6.61 Å². The highest BCUT2D eigenvalue weighted by Crippen LogP contribution is 2.10. The molecule has 15 heavy (non-hydrogen) atoms. The Balaban J connectivity index is 2.19. The van der Waals surface area contributed by atoms with Crippen molar-refractivity contribution >= 4 is 0 Å². The molecule has 90 valence electrons. The number of nitrogens with zero attached hydrogens (tertiary/aromatic N) is 1. The minimum atomic E-state index is -0.984. The van der Waals surface area contributed by atoms with Gasteiger partial charge in [0.25, 0.3) is 0 Å². The third-order valence-corrected chi connectivity index (χ3v) is 3.15. The molecule has 0 spiro atoms. The van der Waals surface area contributed by atoms with Crippen LogP contribution in [0.2, 0.25) is 0 Å². The number of hydrogen-bond donors (Lipinski definition) is 3. The van der Waals surface area contributed by atoms with Gasteiger partial charge < -0.3 is 20.4 Å². The zero-order chi connectivity index (χ0) is 11.3. The summed E-state index contributed by atoms with van der Waals surface area (Å²) in [5.74, 6) is 0. The fourth-order valence-electron chi connectivity index (χ4n) is 1.87. The maximum Gasteiger partial charge on any atom is 0.0972 e. The first kappa shape index (κ1) is 12.9. The molecule has 1 aliphatic heterocycles. The Morgan fingerprint density at radius 3 is 2.47 bits per heavy atom. The number of hydrogen-bond acceptors (Lipinski definition) is 4. The van der Waals surface area contributed by atoms with Gasteiger partial charge in [-0.2, -0.15) is 0 Å². The van der Waals surface area contributed by atoms with Gasteiger partial charge in [-0.15, -0.1) is 0 Å². The maximum absolute atomic E-state index is 9.63. The Kier molecular flexibility index (Phi) is 4.99. The Bertz CT molecular complexity index is 177. The van der Waals surface area contributed by atoms with Gasteiger partial charge in [0.2, 0.25) is 0 Å². The number of nitrogens with one attached hydrogen (secondary N) is 1. The standard InChI is InChI=1S/C11H24N2O2/c1-3-13-6-4-10(5-7-13)12-8-11(2,15)9-14/h10,12,14-15H,3-9H2,1-2H3. The van der Waals surface area contributed by atoms with Crippen LogP contribution in [-0.4, -0.2) is 59.5 Å². The molecular formula is C11H24N2O2. The summed E-state index contributed by atoms with van der Waals surface area (Å²) in [4.78, 5) is 2.43. The molecule has 1 heterocycles. The van der Waals surface area contributed by atoms with E-state index >= 15 is 0 Å². The summed E-state index contributed by atoms with van der Waals surface area (Å²) in [7, 11) is 0. The highest BCUT2D eigenvalue weighted by atomic mass is 16.3. The van der Waals surface area contributed by atoms with Crippen LogP contribution in [-0.2, 0) is 0 Å². The van der Waals surface area contributed by atoms with Gasteiger partial charge in [0.05, 0.1) is 12.2 Å². The average molecular weight is 216 g/mol. The van der Waals surface area contributed by atoms with Crippen LogP contribution in [0, 0.1) is 0 Å². The molecule has 4 heteroatoms. The molecular weight excluding hydrogens is 192 g/mol. The second kappa shape index (κ2) is 5.80. The summed E-state index contributed by atoms with van der Waals surface area (Å²) in [6, 6.07) is 0.492. The highest BCUT2D eigenvalue weighted by molar-refractivity contribution is 4.81. The van der Waals surface area contributed by atoms with E-state index in [2.05, 4.69) is 17.1 Å². The van der Waals surface area contributed by atoms with Gasteiger partial charge in [-0.3, -0.25) is 0 Å². The molecule has 1 atom stereocenters. The summed E-state index contributed by atoms with van der Waals surface area (Å²) in [5, 5.41) is 21.9. The molecule has 4 nitrogen and oxygen atoms in total. The van der Waals surface area contributed by atoms with Crippen LogP contribution in [0.5, 0.6) is 0 Å². The van der Waals surface area contributed by atoms with Gasteiger partial charge in [-0.05, 0) is 39.4 Å². The molecule has 1 fully saturated rings. The Morgan fingerprint density at radius 2 is 2.00 bits per heavy atom. The van der Waals surface area contributed by atoms with Crippen LogP contribution in [0.3, 0.4) is 0 Å². The number of rotatable bonds is 5. The predicted molar refractivity (Wildman–Crippen MR) is 60.8 cm³/mol. The monoisotopic (exact) mass is 216 g/mol. The predicted octanol–water partition coefficient (Wildman–Crippen LogP) is -0.196. The zero-order valence-electron chi connectivity index (χ0n) is 9.87. The molecule has 1 rings (SSSR count). The molecule has 0 aromatic heterocycles. The molecule has 1 unspecified atom stereocenters. The van der Waals surface area contributed by atoms with E-state index in [1.165, 1.54) is 0 Å². The van der Waals surface area contributed by atoms with Crippen molar-refractivity contribution in [2.45, 2.75) is 38.3 Å². The second-order valence-corrected chi connectivity index (χ2v) is 4.74. The number of aliphatic hydroxyl groups excluding tert-OH is 1. The molecule has 0 bridgehead atoms. The Labute approximate surface area is 92.3 Å². The topological polar surface area (TPSA) is 55.7 Å². The van der Waals surface area contributed by atoms with E-state index in [9.17, 15) is 5.11 Å². The van der Waals surface area contributed by atoms with E-state index in [1.54, 1.807) is 6.92 Å². The van der Waals surface area contributed by atoms with Gasteiger partial charge in [-0.1, -0.05) is 6.92 Å². The van der Waals surface area contributed by atoms with E-state index in [0.29, 0.717) is 12.6 Å². The Morgan fingerprint density at radius 1 is 1.40 bits per heavy atom. The first-order valence-corrected chi connectivity index (χ1v) is 5.86. The Hall–Kier alpha value is -0.160. The summed E-state index contributed by atoms with van der Waals surface area (Å²) in [5.41, 5.74) is -0.984. The van der Waals surface area contributed by atoms with Gasteiger partial charge >= 0.3 is 0 Å². The number of aliphatic hydroxyl groups is 2. The van der Waals surface area contributed by atoms with Crippen molar-refractivity contribution in [2.24, 2.45) is 0 Å². The van der Waals surface area contributed by atoms with E-state index in [4.69, 9.17) is 5.11 Å². The van der Waals surface area contributed by atoms with E-state index in [1.807, 2.05) is 0 Å². The van der Waals surface area contributed by atoms with Crippen molar-refractivity contribution < 1.29 is 10.2 Å². The molecule has 1 aliphatic rings. The van der Waals surface area contributed by atoms with E-state index in [0.717, 1.165) is 32.5 Å². The third kappa shape index (κ3) is 4.47. The van der Waals surface area contributed by atoms with Crippen molar-refractivity contribution in [3.63, 3.8) is 0 Å². The lowest BCUT2D eigenvalue weighted by molar-refractivity contribution is -0.000873. The quantitative estimate of drug-likeness (QED) is 0.596. The molecule has 1 saturated heterocycles. The lowest BCUT2D eigenvalue weighted by Crippen LogP contribution is -2.48. The van der Waals surface area contributed by atoms with Crippen LogP contribution >= 0.6 is 0 Å². The molecule has 0 radical (unpaired) electrons. The molecule has 0 aromatic carbocycles. The van der Waals surface area contributed by atoms with Crippen LogP contribution in [0.1, 0.15) is 26.7 Å². The largest absolute Gasteiger partial charge is 0.393 e. The van der Waals surface area contributed by atoms with Gasteiger partial charge in [0.15, 0.2) is 0 Å². The van der Waals surface area contributed by atoms with Crippen LogP contribution < -0.4 is 5.32 Å². The van der Waals surface area contributed by atoms with Crippen LogP contribution in [0.15, 0.2) is 0 Å². The van der Waals surface area contributed by atoms with Gasteiger partial charge in [0.1, 0.15) is 0 Å². The molecule has 0 aliphatic carbocycles. The summed E-state index contributed by atoms with van der Waals surface area (Å²) in [6.07, 6.45) is 2.27. The minimum Gasteiger partial charge on any atom is -0.393 e. The van der Waals surface area contributed by atoms with Crippen molar-refractivity contribution in [3.8, 4) is 0 Å². The normalized spacial score (nSPS) is 24.0.